The maximum Gasteiger partial charge on any atom is 0.258 e. The quantitative estimate of drug-likeness (QED) is 0.609. The molecule has 0 N–H and O–H groups in total. The van der Waals surface area contributed by atoms with Crippen molar-refractivity contribution >= 4 is 15.7 Å². The van der Waals surface area contributed by atoms with Crippen molar-refractivity contribution in [3.63, 3.8) is 0 Å². The van der Waals surface area contributed by atoms with E-state index in [2.05, 4.69) is 4.40 Å². The van der Waals surface area contributed by atoms with E-state index in [0.29, 0.717) is 18.9 Å². The number of hydrogen-bond donors (Lipinski definition) is 0. The smallest absolute Gasteiger partial charge is 0.258 e. The molecule has 0 aliphatic carbocycles. The summed E-state index contributed by atoms with van der Waals surface area (Å²) in [6.07, 6.45) is 0. The van der Waals surface area contributed by atoms with Gasteiger partial charge in [-0.3, -0.25) is 0 Å². The molecule has 1 aliphatic heterocycles. The third kappa shape index (κ3) is 1.84. The SMILES string of the molecule is CC(C)(C)S(=O)(=O)N=C1COC1. The molecule has 5 heteroatoms. The minimum absolute atomic E-state index is 0.356. The molecule has 4 nitrogen and oxygen atoms in total. The van der Waals surface area contributed by atoms with Gasteiger partial charge in [-0.1, -0.05) is 0 Å². The van der Waals surface area contributed by atoms with E-state index >= 15 is 0 Å². The lowest BCUT2D eigenvalue weighted by molar-refractivity contribution is 0.160. The third-order valence-electron chi connectivity index (χ3n) is 1.56. The Morgan fingerprint density at radius 1 is 1.33 bits per heavy atom. The van der Waals surface area contributed by atoms with Crippen molar-refractivity contribution in [2.75, 3.05) is 13.2 Å². The van der Waals surface area contributed by atoms with Gasteiger partial charge >= 0.3 is 0 Å². The van der Waals surface area contributed by atoms with E-state index in [1.807, 2.05) is 0 Å². The van der Waals surface area contributed by atoms with Gasteiger partial charge in [0, 0.05) is 0 Å². The molecular weight excluding hydrogens is 178 g/mol. The lowest BCUT2D eigenvalue weighted by Gasteiger charge is -2.20. The van der Waals surface area contributed by atoms with Crippen LogP contribution in [0.25, 0.3) is 0 Å². The topological polar surface area (TPSA) is 55.7 Å². The number of nitrogens with zero attached hydrogens (tertiary/aromatic N) is 1. The number of rotatable bonds is 1. The predicted octanol–water partition coefficient (Wildman–Crippen LogP) is 0.586. The average Bonchev–Trinajstić information content (AvgIpc) is 1.76. The third-order valence-corrected chi connectivity index (χ3v) is 3.61. The molecule has 0 amide bonds. The molecule has 12 heavy (non-hydrogen) atoms. The Hall–Kier alpha value is -0.420. The highest BCUT2D eigenvalue weighted by atomic mass is 32.2. The van der Waals surface area contributed by atoms with E-state index in [4.69, 9.17) is 4.74 Å². The van der Waals surface area contributed by atoms with E-state index in [9.17, 15) is 8.42 Å². The van der Waals surface area contributed by atoms with Crippen LogP contribution in [0.4, 0.5) is 0 Å². The second-order valence-corrected chi connectivity index (χ2v) is 6.10. The van der Waals surface area contributed by atoms with Crippen molar-refractivity contribution in [2.24, 2.45) is 4.40 Å². The summed E-state index contributed by atoms with van der Waals surface area (Å²) in [6, 6.07) is 0. The lowest BCUT2D eigenvalue weighted by Crippen LogP contribution is -2.33. The molecule has 1 fully saturated rings. The van der Waals surface area contributed by atoms with Gasteiger partial charge in [0.15, 0.2) is 0 Å². The summed E-state index contributed by atoms with van der Waals surface area (Å²) in [5, 5.41) is 0. The summed E-state index contributed by atoms with van der Waals surface area (Å²) in [5.41, 5.74) is 0.616. The first-order valence-electron chi connectivity index (χ1n) is 3.73. The number of sulfonamides is 1. The van der Waals surface area contributed by atoms with Gasteiger partial charge in [0.25, 0.3) is 10.0 Å². The molecule has 1 aliphatic rings. The number of ether oxygens (including phenoxy) is 1. The summed E-state index contributed by atoms with van der Waals surface area (Å²) in [5.74, 6) is 0. The molecule has 0 radical (unpaired) electrons. The molecule has 0 spiro atoms. The first-order chi connectivity index (χ1) is 5.33. The van der Waals surface area contributed by atoms with Gasteiger partial charge in [-0.25, -0.2) is 8.42 Å². The van der Waals surface area contributed by atoms with Crippen molar-refractivity contribution in [1.29, 1.82) is 0 Å². The Morgan fingerprint density at radius 2 is 1.83 bits per heavy atom. The van der Waals surface area contributed by atoms with E-state index in [1.165, 1.54) is 0 Å². The Morgan fingerprint density at radius 3 is 2.08 bits per heavy atom. The van der Waals surface area contributed by atoms with Crippen LogP contribution in [-0.2, 0) is 14.8 Å². The zero-order chi connectivity index (χ0) is 9.41. The maximum absolute atomic E-state index is 11.4. The minimum Gasteiger partial charge on any atom is -0.369 e. The monoisotopic (exact) mass is 191 g/mol. The number of hydrogen-bond acceptors (Lipinski definition) is 3. The van der Waals surface area contributed by atoms with Crippen molar-refractivity contribution in [3.05, 3.63) is 0 Å². The molecule has 0 aromatic heterocycles. The van der Waals surface area contributed by atoms with Gasteiger partial charge in [-0.2, -0.15) is 4.40 Å². The maximum atomic E-state index is 11.4. The van der Waals surface area contributed by atoms with Crippen LogP contribution in [0.15, 0.2) is 4.40 Å². The molecule has 0 aromatic carbocycles. The highest BCUT2D eigenvalue weighted by Gasteiger charge is 2.29. The fraction of sp³-hybridized carbons (Fsp3) is 0.857. The molecule has 70 valence electrons. The lowest BCUT2D eigenvalue weighted by atomic mass is 10.3. The van der Waals surface area contributed by atoms with Gasteiger partial charge in [-0.15, -0.1) is 0 Å². The summed E-state index contributed by atoms with van der Waals surface area (Å²) in [7, 11) is -3.35. The molecule has 1 rings (SSSR count). The zero-order valence-corrected chi connectivity index (χ0v) is 8.31. The van der Waals surface area contributed by atoms with Crippen LogP contribution >= 0.6 is 0 Å². The van der Waals surface area contributed by atoms with E-state index < -0.39 is 14.8 Å². The summed E-state index contributed by atoms with van der Waals surface area (Å²) in [6.45, 7) is 5.61. The van der Waals surface area contributed by atoms with Crippen molar-refractivity contribution < 1.29 is 13.2 Å². The molecule has 1 heterocycles. The molecule has 0 atom stereocenters. The largest absolute Gasteiger partial charge is 0.369 e. The van der Waals surface area contributed by atoms with Crippen LogP contribution in [0.1, 0.15) is 20.8 Å². The van der Waals surface area contributed by atoms with E-state index in [-0.39, 0.29) is 0 Å². The molecule has 0 unspecified atom stereocenters. The van der Waals surface area contributed by atoms with Crippen LogP contribution in [0, 0.1) is 0 Å². The second-order valence-electron chi connectivity index (χ2n) is 3.74. The zero-order valence-electron chi connectivity index (χ0n) is 7.49. The molecular formula is C7H13NO3S. The first kappa shape index (κ1) is 9.67. The second kappa shape index (κ2) is 2.81. The van der Waals surface area contributed by atoms with Gasteiger partial charge < -0.3 is 4.74 Å². The van der Waals surface area contributed by atoms with Gasteiger partial charge in [-0.05, 0) is 20.8 Å². The van der Waals surface area contributed by atoms with Crippen molar-refractivity contribution in [1.82, 2.24) is 0 Å². The van der Waals surface area contributed by atoms with Gasteiger partial charge in [0.2, 0.25) is 0 Å². The van der Waals surface area contributed by atoms with Gasteiger partial charge in [0.1, 0.15) is 0 Å². The standard InChI is InChI=1S/C7H13NO3S/c1-7(2,3)12(9,10)8-6-4-11-5-6/h4-5H2,1-3H3. The fourth-order valence-electron chi connectivity index (χ4n) is 0.553. The molecule has 0 aromatic rings. The molecule has 0 bridgehead atoms. The molecule has 0 saturated carbocycles. The minimum atomic E-state index is -3.35. The summed E-state index contributed by atoms with van der Waals surface area (Å²) in [4.78, 5) is 0. The van der Waals surface area contributed by atoms with Crippen LogP contribution in [-0.4, -0.2) is 32.1 Å². The summed E-state index contributed by atoms with van der Waals surface area (Å²) >= 11 is 0. The fourth-order valence-corrected chi connectivity index (χ4v) is 1.27. The normalized spacial score (nSPS) is 18.8. The van der Waals surface area contributed by atoms with Crippen molar-refractivity contribution in [3.8, 4) is 0 Å². The Balaban J connectivity index is 2.87. The van der Waals surface area contributed by atoms with Crippen LogP contribution in [0.2, 0.25) is 0 Å². The molecule has 1 saturated heterocycles. The van der Waals surface area contributed by atoms with Crippen LogP contribution < -0.4 is 0 Å². The average molecular weight is 191 g/mol. The Bertz CT molecular complexity index is 291. The highest BCUT2D eigenvalue weighted by Crippen LogP contribution is 2.18. The van der Waals surface area contributed by atoms with E-state index in [0.717, 1.165) is 0 Å². The van der Waals surface area contributed by atoms with Crippen LogP contribution in [0.3, 0.4) is 0 Å². The van der Waals surface area contributed by atoms with Crippen molar-refractivity contribution in [2.45, 2.75) is 25.5 Å². The summed E-state index contributed by atoms with van der Waals surface area (Å²) < 4.78 is 30.5. The first-order valence-corrected chi connectivity index (χ1v) is 5.17. The highest BCUT2D eigenvalue weighted by molar-refractivity contribution is 7.91. The predicted molar refractivity (Wildman–Crippen MR) is 46.9 cm³/mol. The Labute approximate surface area is 72.7 Å². The Kier molecular flexibility index (Phi) is 2.27. The van der Waals surface area contributed by atoms with E-state index in [1.54, 1.807) is 20.8 Å². The van der Waals surface area contributed by atoms with Gasteiger partial charge in [0.05, 0.1) is 23.7 Å². The van der Waals surface area contributed by atoms with Crippen LogP contribution in [0.5, 0.6) is 0 Å².